The number of carbonyl (C=O) groups excluding carboxylic acids is 2. The Hall–Kier alpha value is -3.72. The first-order valence-electron chi connectivity index (χ1n) is 11.3. The van der Waals surface area contributed by atoms with Crippen molar-refractivity contribution in [2.24, 2.45) is 0 Å². The summed E-state index contributed by atoms with van der Waals surface area (Å²) in [6, 6.07) is 12.6. The minimum Gasteiger partial charge on any atom is -0.497 e. The van der Waals surface area contributed by atoms with Gasteiger partial charge in [-0.1, -0.05) is 11.2 Å². The normalized spacial score (nSPS) is 15.1. The summed E-state index contributed by atoms with van der Waals surface area (Å²) >= 11 is 0. The first-order chi connectivity index (χ1) is 16.6. The zero-order chi connectivity index (χ0) is 23.8. The van der Waals surface area contributed by atoms with Crippen molar-refractivity contribution in [2.75, 3.05) is 26.8 Å². The minimum absolute atomic E-state index is 0.0460. The second-order valence-electron chi connectivity index (χ2n) is 8.08. The topological polar surface area (TPSA) is 107 Å². The molecule has 1 saturated heterocycles. The van der Waals surface area contributed by atoms with Gasteiger partial charge in [-0.05, 0) is 48.7 Å². The lowest BCUT2D eigenvalue weighted by atomic mass is 10.1. The summed E-state index contributed by atoms with van der Waals surface area (Å²) in [5.41, 5.74) is 1.89. The highest BCUT2D eigenvalue weighted by Gasteiger charge is 2.26. The van der Waals surface area contributed by atoms with Crippen molar-refractivity contribution < 1.29 is 23.6 Å². The molecule has 1 N–H and O–H groups in total. The highest BCUT2D eigenvalue weighted by atomic mass is 16.5. The lowest BCUT2D eigenvalue weighted by Crippen LogP contribution is -2.40. The standard InChI is InChI=1S/C25H28N4O5/c1-32-20-8-6-19(7-9-20)23-14-22(28-34-23)25(31)29(17-21-5-3-13-33-21)12-10-24(30)27-16-18-4-2-11-26-15-18/h2,4,6-9,11,14-15,21H,3,5,10,12-13,16-17H2,1H3,(H,27,30). The van der Waals surface area contributed by atoms with Crippen LogP contribution >= 0.6 is 0 Å². The van der Waals surface area contributed by atoms with E-state index in [1.807, 2.05) is 36.4 Å². The first-order valence-corrected chi connectivity index (χ1v) is 11.3. The largest absolute Gasteiger partial charge is 0.497 e. The lowest BCUT2D eigenvalue weighted by molar-refractivity contribution is -0.121. The molecule has 0 saturated carbocycles. The van der Waals surface area contributed by atoms with Gasteiger partial charge in [-0.15, -0.1) is 0 Å². The summed E-state index contributed by atoms with van der Waals surface area (Å²) in [6.07, 6.45) is 5.36. The zero-order valence-corrected chi connectivity index (χ0v) is 19.1. The fourth-order valence-electron chi connectivity index (χ4n) is 3.77. The molecule has 1 unspecified atom stereocenters. The smallest absolute Gasteiger partial charge is 0.276 e. The molecular formula is C25H28N4O5. The minimum atomic E-state index is -0.293. The fraction of sp³-hybridized carbons (Fsp3) is 0.360. The number of hydrogen-bond acceptors (Lipinski definition) is 7. The molecule has 1 aliphatic heterocycles. The van der Waals surface area contributed by atoms with Crippen molar-refractivity contribution in [1.29, 1.82) is 0 Å². The van der Waals surface area contributed by atoms with E-state index < -0.39 is 0 Å². The summed E-state index contributed by atoms with van der Waals surface area (Å²) < 4.78 is 16.3. The van der Waals surface area contributed by atoms with Gasteiger partial charge < -0.3 is 24.2 Å². The van der Waals surface area contributed by atoms with E-state index in [9.17, 15) is 9.59 Å². The van der Waals surface area contributed by atoms with Gasteiger partial charge in [0.1, 0.15) is 5.75 Å². The van der Waals surface area contributed by atoms with Gasteiger partial charge in [-0.25, -0.2) is 0 Å². The van der Waals surface area contributed by atoms with Crippen molar-refractivity contribution in [3.63, 3.8) is 0 Å². The highest BCUT2D eigenvalue weighted by Crippen LogP contribution is 2.24. The third-order valence-corrected chi connectivity index (χ3v) is 5.66. The van der Waals surface area contributed by atoms with Crippen LogP contribution in [0.5, 0.6) is 5.75 Å². The molecule has 1 aromatic carbocycles. The fourth-order valence-corrected chi connectivity index (χ4v) is 3.77. The summed E-state index contributed by atoms with van der Waals surface area (Å²) in [5, 5.41) is 6.86. The molecule has 9 nitrogen and oxygen atoms in total. The number of methoxy groups -OCH3 is 1. The molecule has 9 heteroatoms. The Morgan fingerprint density at radius 2 is 2.09 bits per heavy atom. The molecule has 3 heterocycles. The third-order valence-electron chi connectivity index (χ3n) is 5.66. The van der Waals surface area contributed by atoms with Crippen molar-refractivity contribution in [2.45, 2.75) is 31.9 Å². The lowest BCUT2D eigenvalue weighted by Gasteiger charge is -2.24. The number of rotatable bonds is 10. The van der Waals surface area contributed by atoms with E-state index in [-0.39, 0.29) is 36.6 Å². The number of hydrogen-bond donors (Lipinski definition) is 1. The van der Waals surface area contributed by atoms with E-state index in [1.165, 1.54) is 0 Å². The predicted octanol–water partition coefficient (Wildman–Crippen LogP) is 3.07. The van der Waals surface area contributed by atoms with Crippen LogP contribution in [0.1, 0.15) is 35.3 Å². The second-order valence-corrected chi connectivity index (χ2v) is 8.08. The Bertz CT molecular complexity index is 1080. The van der Waals surface area contributed by atoms with Gasteiger partial charge in [-0.2, -0.15) is 0 Å². The molecule has 3 aromatic rings. The van der Waals surface area contributed by atoms with Crippen LogP contribution in [0.25, 0.3) is 11.3 Å². The van der Waals surface area contributed by atoms with E-state index in [0.717, 1.165) is 29.7 Å². The molecule has 0 aliphatic carbocycles. The number of amides is 2. The third kappa shape index (κ3) is 6.20. The maximum Gasteiger partial charge on any atom is 0.276 e. The Kier molecular flexibility index (Phi) is 7.87. The summed E-state index contributed by atoms with van der Waals surface area (Å²) in [4.78, 5) is 31.3. The van der Waals surface area contributed by atoms with Gasteiger partial charge in [0.2, 0.25) is 5.91 Å². The molecule has 2 amide bonds. The van der Waals surface area contributed by atoms with Crippen molar-refractivity contribution in [1.82, 2.24) is 20.4 Å². The van der Waals surface area contributed by atoms with Crippen LogP contribution < -0.4 is 10.1 Å². The van der Waals surface area contributed by atoms with Gasteiger partial charge in [0.05, 0.1) is 13.2 Å². The van der Waals surface area contributed by atoms with Crippen LogP contribution in [-0.4, -0.2) is 59.8 Å². The Labute approximate surface area is 198 Å². The van der Waals surface area contributed by atoms with Gasteiger partial charge in [0.15, 0.2) is 11.5 Å². The van der Waals surface area contributed by atoms with Gasteiger partial charge >= 0.3 is 0 Å². The summed E-state index contributed by atoms with van der Waals surface area (Å²) in [5.74, 6) is 0.772. The zero-order valence-electron chi connectivity index (χ0n) is 19.1. The SMILES string of the molecule is COc1ccc(-c2cc(C(=O)N(CCC(=O)NCc3cccnc3)CC3CCCO3)no2)cc1. The molecule has 0 spiro atoms. The monoisotopic (exact) mass is 464 g/mol. The van der Waals surface area contributed by atoms with E-state index in [4.69, 9.17) is 14.0 Å². The first kappa shape index (κ1) is 23.4. The second kappa shape index (κ2) is 11.4. The van der Waals surface area contributed by atoms with Crippen LogP contribution in [0, 0.1) is 0 Å². The van der Waals surface area contributed by atoms with E-state index in [0.29, 0.717) is 25.5 Å². The Balaban J connectivity index is 1.39. The number of benzene rings is 1. The van der Waals surface area contributed by atoms with Gasteiger partial charge in [-0.3, -0.25) is 14.6 Å². The number of carbonyl (C=O) groups is 2. The van der Waals surface area contributed by atoms with Crippen molar-refractivity contribution in [3.05, 3.63) is 66.1 Å². The van der Waals surface area contributed by atoms with Crippen LogP contribution in [0.15, 0.2) is 59.4 Å². The maximum absolute atomic E-state index is 13.3. The molecule has 0 bridgehead atoms. The average molecular weight is 465 g/mol. The summed E-state index contributed by atoms with van der Waals surface area (Å²) in [7, 11) is 1.60. The van der Waals surface area contributed by atoms with Gasteiger partial charge in [0.25, 0.3) is 5.91 Å². The maximum atomic E-state index is 13.3. The van der Waals surface area contributed by atoms with Gasteiger partial charge in [0, 0.05) is 56.7 Å². The molecule has 34 heavy (non-hydrogen) atoms. The van der Waals surface area contributed by atoms with Crippen molar-refractivity contribution in [3.8, 4) is 17.1 Å². The van der Waals surface area contributed by atoms with Crippen LogP contribution in [0.3, 0.4) is 0 Å². The number of pyridine rings is 1. The average Bonchev–Trinajstić information content (AvgIpc) is 3.58. The highest BCUT2D eigenvalue weighted by molar-refractivity contribution is 5.93. The molecule has 2 aromatic heterocycles. The number of nitrogens with one attached hydrogen (secondary N) is 1. The van der Waals surface area contributed by atoms with E-state index in [2.05, 4.69) is 15.5 Å². The number of aromatic nitrogens is 2. The van der Waals surface area contributed by atoms with Crippen molar-refractivity contribution >= 4 is 11.8 Å². The Morgan fingerprint density at radius 1 is 1.24 bits per heavy atom. The van der Waals surface area contributed by atoms with Crippen LogP contribution in [0.4, 0.5) is 0 Å². The Morgan fingerprint density at radius 3 is 2.79 bits per heavy atom. The summed E-state index contributed by atoms with van der Waals surface area (Å²) in [6.45, 7) is 1.73. The molecule has 1 aliphatic rings. The molecular weight excluding hydrogens is 436 g/mol. The molecule has 4 rings (SSSR count). The molecule has 1 atom stereocenters. The quantitative estimate of drug-likeness (QED) is 0.491. The van der Waals surface area contributed by atoms with Crippen LogP contribution in [0.2, 0.25) is 0 Å². The molecule has 178 valence electrons. The molecule has 1 fully saturated rings. The van der Waals surface area contributed by atoms with E-state index in [1.54, 1.807) is 30.5 Å². The number of ether oxygens (including phenoxy) is 2. The van der Waals surface area contributed by atoms with E-state index >= 15 is 0 Å². The number of nitrogens with zero attached hydrogens (tertiary/aromatic N) is 3. The van der Waals surface area contributed by atoms with Crippen LogP contribution in [-0.2, 0) is 16.1 Å². The predicted molar refractivity (Wildman–Crippen MR) is 124 cm³/mol. The molecule has 0 radical (unpaired) electrons.